The Morgan fingerprint density at radius 2 is 0.855 bits per heavy atom. The molecular weight excluding hydrogens is 1170 g/mol. The van der Waals surface area contributed by atoms with Gasteiger partial charge < -0.3 is 66.8 Å². The van der Waals surface area contributed by atoms with Crippen LogP contribution in [0.1, 0.15) is 50.6 Å². The molecule has 4 fully saturated rings. The second-order valence-electron chi connectivity index (χ2n) is 19.2. The van der Waals surface area contributed by atoms with Crippen molar-refractivity contribution in [3.63, 3.8) is 0 Å². The summed E-state index contributed by atoms with van der Waals surface area (Å²) in [7, 11) is -15.7. The maximum Gasteiger partial charge on any atom is 0.472 e. The van der Waals surface area contributed by atoms with Crippen LogP contribution in [-0.4, -0.2) is 178 Å². The van der Waals surface area contributed by atoms with Gasteiger partial charge in [0.1, 0.15) is 91.3 Å². The maximum absolute atomic E-state index is 14.1. The van der Waals surface area contributed by atoms with E-state index in [2.05, 4.69) is 59.8 Å². The molecule has 0 aromatic carbocycles. The molecule has 0 amide bonds. The normalized spacial score (nSPS) is 28.9. The summed E-state index contributed by atoms with van der Waals surface area (Å²) >= 11 is 0. The van der Waals surface area contributed by atoms with Crippen LogP contribution in [-0.2, 0) is 59.8 Å². The summed E-state index contributed by atoms with van der Waals surface area (Å²) in [5.74, 6) is -0.398. The Labute approximate surface area is 460 Å². The smallest absolute Gasteiger partial charge is 0.394 e. The Kier molecular flexibility index (Phi) is 14.9. The number of hydrogen-bond donors (Lipinski definition) is 11. The molecule has 4 aliphatic rings. The van der Waals surface area contributed by atoms with Gasteiger partial charge in [-0.05, 0) is 0 Å². The van der Waals surface area contributed by atoms with Crippen LogP contribution in [0.3, 0.4) is 0 Å². The highest BCUT2D eigenvalue weighted by atomic mass is 31.2. The molecular formula is C40H49N20O20P3. The average molecular weight is 1220 g/mol. The number of fused-ring (bicyclic) bond motifs is 4. The molecule has 4 aliphatic heterocycles. The number of nitrogens with one attached hydrogen (secondary N) is 2. The van der Waals surface area contributed by atoms with Crippen LogP contribution in [0, 0.1) is 0 Å². The molecule has 12 heterocycles. The fourth-order valence-electron chi connectivity index (χ4n) is 10.0. The molecule has 3 unspecified atom stereocenters. The van der Waals surface area contributed by atoms with Gasteiger partial charge in [0.15, 0.2) is 45.3 Å². The van der Waals surface area contributed by atoms with E-state index in [9.17, 15) is 48.2 Å². The van der Waals surface area contributed by atoms with Crippen molar-refractivity contribution < 1.29 is 84.7 Å². The molecule has 444 valence electrons. The molecule has 15 N–H and O–H groups in total. The third-order valence-corrected chi connectivity index (χ3v) is 16.9. The topological polar surface area (TPSA) is 563 Å². The minimum Gasteiger partial charge on any atom is -0.394 e. The Morgan fingerprint density at radius 1 is 0.506 bits per heavy atom. The molecule has 83 heavy (non-hydrogen) atoms. The van der Waals surface area contributed by atoms with E-state index >= 15 is 0 Å². The molecule has 12 rings (SSSR count). The Balaban J connectivity index is 0.748. The van der Waals surface area contributed by atoms with Gasteiger partial charge in [-0.15, -0.1) is 0 Å². The fraction of sp³-hybridized carbons (Fsp3) is 0.500. The van der Waals surface area contributed by atoms with E-state index in [0.717, 1.165) is 6.33 Å². The van der Waals surface area contributed by atoms with Crippen molar-refractivity contribution in [2.24, 2.45) is 0 Å². The molecule has 0 radical (unpaired) electrons. The Bertz CT molecular complexity index is 4030. The predicted molar refractivity (Wildman–Crippen MR) is 274 cm³/mol. The molecule has 0 aliphatic carbocycles. The van der Waals surface area contributed by atoms with Crippen LogP contribution < -0.4 is 34.1 Å². The number of hydrogen-bond acceptors (Lipinski definition) is 31. The van der Waals surface area contributed by atoms with Gasteiger partial charge >= 0.3 is 23.5 Å². The van der Waals surface area contributed by atoms with Gasteiger partial charge in [-0.3, -0.25) is 65.0 Å². The van der Waals surface area contributed by atoms with Crippen LogP contribution >= 0.6 is 23.5 Å². The molecule has 0 bridgehead atoms. The zero-order chi connectivity index (χ0) is 58.3. The van der Waals surface area contributed by atoms with Crippen LogP contribution in [0.15, 0.2) is 47.6 Å². The van der Waals surface area contributed by atoms with Gasteiger partial charge in [0.05, 0.1) is 57.8 Å². The number of phosphoric ester groups is 3. The van der Waals surface area contributed by atoms with E-state index in [0.29, 0.717) is 5.65 Å². The number of aliphatic hydroxyl groups excluding tert-OH is 2. The largest absolute Gasteiger partial charge is 0.472 e. The number of anilines is 4. The molecule has 8 aromatic heterocycles. The predicted octanol–water partition coefficient (Wildman–Crippen LogP) is -1.73. The summed E-state index contributed by atoms with van der Waals surface area (Å²) in [6.45, 7) is -3.17. The number of phosphoric acid groups is 3. The van der Waals surface area contributed by atoms with Crippen LogP contribution in [0.25, 0.3) is 44.7 Å². The zero-order valence-electron chi connectivity index (χ0n) is 42.3. The van der Waals surface area contributed by atoms with Gasteiger partial charge in [0, 0.05) is 25.7 Å². The third kappa shape index (κ3) is 11.3. The lowest BCUT2D eigenvalue weighted by molar-refractivity contribution is -0.0620. The van der Waals surface area contributed by atoms with Crippen LogP contribution in [0.4, 0.5) is 23.5 Å². The van der Waals surface area contributed by atoms with Crippen molar-refractivity contribution in [3.05, 3.63) is 58.7 Å². The monoisotopic (exact) mass is 1220 g/mol. The van der Waals surface area contributed by atoms with Crippen LogP contribution in [0.2, 0.25) is 0 Å². The third-order valence-electron chi connectivity index (χ3n) is 13.9. The molecule has 43 heteroatoms. The number of imidazole rings is 4. The van der Waals surface area contributed by atoms with Gasteiger partial charge in [0.2, 0.25) is 11.9 Å². The SMILES string of the molecule is Nc1nc2c(ncn2[C@H]2C[C@H](OP(=O)(O)OC[C@H]3O[C@@H](n4cnc5c(=O)[nH]c(N)nc54)C[C@@H]3OP(=O)(O)OC[C@H]3O[C@@H](n4cnc5c(N)ncnc54)C[C@@H]3O)[C@@H](COP(=O)(O)O[C@H]3C[C@H](n4cnc5c(N)ncnc54)O[C@@H]3CO)O2)c(=O)[nH]1. The number of aromatic nitrogens is 16. The van der Waals surface area contributed by atoms with E-state index in [1.165, 1.54) is 49.9 Å². The van der Waals surface area contributed by atoms with Gasteiger partial charge in [-0.1, -0.05) is 0 Å². The van der Waals surface area contributed by atoms with Crippen molar-refractivity contribution in [1.29, 1.82) is 0 Å². The first-order valence-corrected chi connectivity index (χ1v) is 29.3. The number of rotatable bonds is 20. The molecule has 4 saturated heterocycles. The standard InChI is InChI=1S/C40H49N20O20P3/c41-31-27-33(47-9-45-31)57(11-49-27)23-1-15(62)20(75-23)6-71-81(65,66)79-17-3-25(59-13-51-29-35(59)53-39(43)55-37(29)63)77-22(17)8-73-83(69,70)80-18-4-26(60-14-52-30-36(60)54-40(44)56-38(30)64)76-21(18)7-72-82(67,68)78-16-2-24(74-19(16)5-61)58-12-50-28-32(42)46-10-48-34(28)58/h9-26,61-62H,1-8H2,(H,65,66)(H,67,68)(H,69,70)(H2,41,45,47)(H2,42,46,48)(H3,43,53,55,63)(H3,44,54,56,64)/t15-,16-,17-,18-,19+,20+,21+,22+,23+,24+,25+,26+/m0/s1. The van der Waals surface area contributed by atoms with E-state index < -0.39 is 135 Å². The van der Waals surface area contributed by atoms with Gasteiger partial charge in [0.25, 0.3) is 11.1 Å². The number of H-pyrrole nitrogens is 2. The van der Waals surface area contributed by atoms with E-state index in [1.807, 2.05) is 0 Å². The lowest BCUT2D eigenvalue weighted by Gasteiger charge is -2.25. The zero-order valence-corrected chi connectivity index (χ0v) is 45.0. The number of aliphatic hydroxyl groups is 2. The molecule has 40 nitrogen and oxygen atoms in total. The quantitative estimate of drug-likeness (QED) is 0.0378. The first kappa shape index (κ1) is 56.6. The van der Waals surface area contributed by atoms with Crippen LogP contribution in [0.5, 0.6) is 0 Å². The lowest BCUT2D eigenvalue weighted by Crippen LogP contribution is -2.31. The van der Waals surface area contributed by atoms with Crippen molar-refractivity contribution in [2.75, 3.05) is 49.4 Å². The second-order valence-corrected chi connectivity index (χ2v) is 23.4. The Hall–Kier alpha value is -6.91. The van der Waals surface area contributed by atoms with Crippen molar-refractivity contribution in [2.45, 2.75) is 99.4 Å². The highest BCUT2D eigenvalue weighted by Gasteiger charge is 2.49. The van der Waals surface area contributed by atoms with Gasteiger partial charge in [-0.25, -0.2) is 53.6 Å². The van der Waals surface area contributed by atoms with Gasteiger partial charge in [-0.2, -0.15) is 9.97 Å². The number of ether oxygens (including phenoxy) is 4. The number of aromatic amines is 2. The fourth-order valence-corrected chi connectivity index (χ4v) is 12.9. The molecule has 15 atom stereocenters. The van der Waals surface area contributed by atoms with Crippen molar-refractivity contribution in [1.82, 2.24) is 78.1 Å². The minimum absolute atomic E-state index is 0.0181. The number of nitrogens with zero attached hydrogens (tertiary/aromatic N) is 14. The maximum atomic E-state index is 14.1. The molecule has 0 spiro atoms. The summed E-state index contributed by atoms with van der Waals surface area (Å²) < 4.78 is 104. The summed E-state index contributed by atoms with van der Waals surface area (Å²) in [6.07, 6.45) is -8.65. The summed E-state index contributed by atoms with van der Waals surface area (Å²) in [5, 5.41) is 21.1. The second kappa shape index (κ2) is 21.9. The summed E-state index contributed by atoms with van der Waals surface area (Å²) in [6, 6.07) is 0. The van der Waals surface area contributed by atoms with E-state index in [-0.39, 0.29) is 88.2 Å². The number of nitrogens with two attached hydrogens (primary N) is 4. The minimum atomic E-state index is -5.38. The molecule has 0 saturated carbocycles. The summed E-state index contributed by atoms with van der Waals surface area (Å²) in [4.78, 5) is 105. The van der Waals surface area contributed by atoms with Crippen molar-refractivity contribution >= 4 is 91.7 Å². The highest BCUT2D eigenvalue weighted by Crippen LogP contribution is 2.54. The lowest BCUT2D eigenvalue weighted by atomic mass is 10.2. The number of nitrogen functional groups attached to an aromatic ring is 4. The average Bonchev–Trinajstić information content (AvgIpc) is 3.55. The van der Waals surface area contributed by atoms with E-state index in [1.54, 1.807) is 0 Å². The first-order chi connectivity index (χ1) is 39.6. The highest BCUT2D eigenvalue weighted by molar-refractivity contribution is 7.48. The first-order valence-electron chi connectivity index (χ1n) is 24.8. The Morgan fingerprint density at radius 3 is 1.28 bits per heavy atom. The van der Waals surface area contributed by atoms with Crippen molar-refractivity contribution in [3.8, 4) is 0 Å². The molecule has 8 aromatic rings. The van der Waals surface area contributed by atoms with E-state index in [4.69, 9.17) is 69.0 Å². The summed E-state index contributed by atoms with van der Waals surface area (Å²) in [5.41, 5.74) is 22.7.